The van der Waals surface area contributed by atoms with E-state index in [1.165, 1.54) is 25.7 Å². The predicted molar refractivity (Wildman–Crippen MR) is 47.4 cm³/mol. The third kappa shape index (κ3) is 3.06. The minimum atomic E-state index is -0.163. The minimum Gasteiger partial charge on any atom is -0.393 e. The summed E-state index contributed by atoms with van der Waals surface area (Å²) in [5, 5.41) is 9.34. The van der Waals surface area contributed by atoms with Gasteiger partial charge in [0.15, 0.2) is 0 Å². The molecule has 0 radical (unpaired) electrons. The summed E-state index contributed by atoms with van der Waals surface area (Å²) in [4.78, 5) is 0. The van der Waals surface area contributed by atoms with E-state index in [1.54, 1.807) is 0 Å². The topological polar surface area (TPSA) is 20.2 Å². The standard InChI is InChI=1S/C10H18O/c1-9(11)10-7-5-3-2-4-6-8-10/h5,7,9-11H,2-4,6,8H2,1H3/b7-5-. The zero-order chi connectivity index (χ0) is 8.10. The van der Waals surface area contributed by atoms with Crippen molar-refractivity contribution in [3.05, 3.63) is 12.2 Å². The van der Waals surface area contributed by atoms with Crippen molar-refractivity contribution in [2.24, 2.45) is 5.92 Å². The van der Waals surface area contributed by atoms with Crippen molar-refractivity contribution in [3.63, 3.8) is 0 Å². The van der Waals surface area contributed by atoms with Gasteiger partial charge in [-0.2, -0.15) is 0 Å². The largest absolute Gasteiger partial charge is 0.393 e. The number of rotatable bonds is 1. The Hall–Kier alpha value is -0.300. The molecule has 0 fully saturated rings. The minimum absolute atomic E-state index is 0.163. The molecule has 64 valence electrons. The van der Waals surface area contributed by atoms with Crippen LogP contribution in [0.25, 0.3) is 0 Å². The van der Waals surface area contributed by atoms with Gasteiger partial charge < -0.3 is 5.11 Å². The fourth-order valence-electron chi connectivity index (χ4n) is 1.59. The summed E-state index contributed by atoms with van der Waals surface area (Å²) in [6, 6.07) is 0. The van der Waals surface area contributed by atoms with E-state index in [4.69, 9.17) is 0 Å². The van der Waals surface area contributed by atoms with Crippen molar-refractivity contribution in [3.8, 4) is 0 Å². The molecule has 1 N–H and O–H groups in total. The van der Waals surface area contributed by atoms with Crippen LogP contribution < -0.4 is 0 Å². The average Bonchev–Trinajstić information content (AvgIpc) is 1.84. The van der Waals surface area contributed by atoms with Crippen LogP contribution in [0.1, 0.15) is 39.0 Å². The molecule has 0 aromatic heterocycles. The highest BCUT2D eigenvalue weighted by Gasteiger charge is 2.11. The number of aliphatic hydroxyl groups is 1. The van der Waals surface area contributed by atoms with Gasteiger partial charge in [0.2, 0.25) is 0 Å². The molecule has 0 aromatic carbocycles. The zero-order valence-electron chi connectivity index (χ0n) is 7.29. The Balaban J connectivity index is 2.42. The Labute approximate surface area is 69.1 Å². The van der Waals surface area contributed by atoms with Gasteiger partial charge >= 0.3 is 0 Å². The first kappa shape index (κ1) is 8.79. The van der Waals surface area contributed by atoms with Gasteiger partial charge in [0.1, 0.15) is 0 Å². The summed E-state index contributed by atoms with van der Waals surface area (Å²) in [5.41, 5.74) is 0. The maximum atomic E-state index is 9.34. The van der Waals surface area contributed by atoms with Crippen molar-refractivity contribution in [2.75, 3.05) is 0 Å². The molecule has 0 spiro atoms. The van der Waals surface area contributed by atoms with Gasteiger partial charge in [-0.05, 0) is 26.2 Å². The van der Waals surface area contributed by atoms with Gasteiger partial charge in [-0.3, -0.25) is 0 Å². The number of aliphatic hydroxyl groups excluding tert-OH is 1. The van der Waals surface area contributed by atoms with E-state index in [0.717, 1.165) is 6.42 Å². The van der Waals surface area contributed by atoms with E-state index in [0.29, 0.717) is 5.92 Å². The lowest BCUT2D eigenvalue weighted by atomic mass is 9.93. The van der Waals surface area contributed by atoms with Crippen LogP contribution in [0.2, 0.25) is 0 Å². The molecule has 11 heavy (non-hydrogen) atoms. The molecular formula is C10H18O. The first-order chi connectivity index (χ1) is 5.30. The molecule has 1 rings (SSSR count). The Morgan fingerprint density at radius 3 is 2.91 bits per heavy atom. The van der Waals surface area contributed by atoms with Crippen LogP contribution in [0.5, 0.6) is 0 Å². The van der Waals surface area contributed by atoms with E-state index in [9.17, 15) is 5.11 Å². The van der Waals surface area contributed by atoms with Gasteiger partial charge in [-0.1, -0.05) is 25.0 Å². The molecule has 0 saturated heterocycles. The van der Waals surface area contributed by atoms with Crippen molar-refractivity contribution >= 4 is 0 Å². The molecule has 1 heteroatoms. The Morgan fingerprint density at radius 2 is 2.18 bits per heavy atom. The molecule has 0 amide bonds. The molecule has 1 aliphatic carbocycles. The lowest BCUT2D eigenvalue weighted by molar-refractivity contribution is 0.141. The average molecular weight is 154 g/mol. The van der Waals surface area contributed by atoms with E-state index >= 15 is 0 Å². The van der Waals surface area contributed by atoms with E-state index < -0.39 is 0 Å². The molecule has 0 bridgehead atoms. The Bertz CT molecular complexity index is 127. The van der Waals surface area contributed by atoms with E-state index in [-0.39, 0.29) is 6.10 Å². The lowest BCUT2D eigenvalue weighted by Crippen LogP contribution is -2.14. The zero-order valence-corrected chi connectivity index (χ0v) is 7.29. The summed E-state index contributed by atoms with van der Waals surface area (Å²) in [5.74, 6) is 0.412. The van der Waals surface area contributed by atoms with Gasteiger partial charge in [0.25, 0.3) is 0 Å². The molecule has 0 heterocycles. The highest BCUT2D eigenvalue weighted by Crippen LogP contribution is 2.19. The summed E-state index contributed by atoms with van der Waals surface area (Å²) in [6.07, 6.45) is 10.5. The fraction of sp³-hybridized carbons (Fsp3) is 0.800. The number of hydrogen-bond acceptors (Lipinski definition) is 1. The normalized spacial score (nSPS) is 32.0. The van der Waals surface area contributed by atoms with Crippen molar-refractivity contribution < 1.29 is 5.11 Å². The van der Waals surface area contributed by atoms with Crippen LogP contribution in [-0.2, 0) is 0 Å². The monoisotopic (exact) mass is 154 g/mol. The molecule has 1 aliphatic rings. The third-order valence-corrected chi connectivity index (χ3v) is 2.41. The van der Waals surface area contributed by atoms with Crippen LogP contribution in [0.4, 0.5) is 0 Å². The first-order valence-corrected chi connectivity index (χ1v) is 4.65. The lowest BCUT2D eigenvalue weighted by Gasteiger charge is -2.17. The number of allylic oxidation sites excluding steroid dienone is 1. The maximum Gasteiger partial charge on any atom is 0.0574 e. The first-order valence-electron chi connectivity index (χ1n) is 4.65. The molecule has 0 aliphatic heterocycles. The second kappa shape index (κ2) is 4.55. The molecule has 0 aromatic rings. The second-order valence-corrected chi connectivity index (χ2v) is 3.47. The molecule has 2 atom stereocenters. The summed E-state index contributed by atoms with van der Waals surface area (Å²) < 4.78 is 0. The smallest absolute Gasteiger partial charge is 0.0574 e. The molecule has 1 nitrogen and oxygen atoms in total. The SMILES string of the molecule is CC(O)C1/C=C\CCCCC1. The van der Waals surface area contributed by atoms with Crippen LogP contribution >= 0.6 is 0 Å². The van der Waals surface area contributed by atoms with Gasteiger partial charge in [0, 0.05) is 5.92 Å². The fourth-order valence-corrected chi connectivity index (χ4v) is 1.59. The highest BCUT2D eigenvalue weighted by atomic mass is 16.3. The van der Waals surface area contributed by atoms with Crippen molar-refractivity contribution in [1.29, 1.82) is 0 Å². The summed E-state index contributed by atoms with van der Waals surface area (Å²) in [7, 11) is 0. The Kier molecular flexibility index (Phi) is 3.64. The predicted octanol–water partition coefficient (Wildman–Crippen LogP) is 2.50. The molecular weight excluding hydrogens is 136 g/mol. The third-order valence-electron chi connectivity index (χ3n) is 2.41. The van der Waals surface area contributed by atoms with Crippen LogP contribution in [0.3, 0.4) is 0 Å². The molecule has 2 unspecified atom stereocenters. The van der Waals surface area contributed by atoms with Crippen molar-refractivity contribution in [1.82, 2.24) is 0 Å². The molecule has 0 saturated carbocycles. The Morgan fingerprint density at radius 1 is 1.36 bits per heavy atom. The quantitative estimate of drug-likeness (QED) is 0.575. The maximum absolute atomic E-state index is 9.34. The number of hydrogen-bond donors (Lipinski definition) is 1. The van der Waals surface area contributed by atoms with E-state index in [1.807, 2.05) is 6.92 Å². The second-order valence-electron chi connectivity index (χ2n) is 3.47. The van der Waals surface area contributed by atoms with Crippen LogP contribution in [-0.4, -0.2) is 11.2 Å². The van der Waals surface area contributed by atoms with Gasteiger partial charge in [0.05, 0.1) is 6.10 Å². The van der Waals surface area contributed by atoms with Crippen molar-refractivity contribution in [2.45, 2.75) is 45.1 Å². The summed E-state index contributed by atoms with van der Waals surface area (Å²) >= 11 is 0. The van der Waals surface area contributed by atoms with E-state index in [2.05, 4.69) is 12.2 Å². The van der Waals surface area contributed by atoms with Crippen LogP contribution in [0.15, 0.2) is 12.2 Å². The van der Waals surface area contributed by atoms with Gasteiger partial charge in [-0.15, -0.1) is 0 Å². The highest BCUT2D eigenvalue weighted by molar-refractivity contribution is 4.92. The van der Waals surface area contributed by atoms with Gasteiger partial charge in [-0.25, -0.2) is 0 Å². The summed E-state index contributed by atoms with van der Waals surface area (Å²) in [6.45, 7) is 1.89. The van der Waals surface area contributed by atoms with Crippen LogP contribution in [0, 0.1) is 5.92 Å².